The van der Waals surface area contributed by atoms with Crippen molar-refractivity contribution in [3.8, 4) is 5.75 Å². The summed E-state index contributed by atoms with van der Waals surface area (Å²) in [7, 11) is 0. The molecule has 0 bridgehead atoms. The van der Waals surface area contributed by atoms with Crippen LogP contribution in [0.15, 0.2) is 24.3 Å². The Kier molecular flexibility index (Phi) is 7.15. The topological polar surface area (TPSA) is 58.6 Å². The molecule has 118 valence electrons. The Labute approximate surface area is 125 Å². The molecule has 0 heterocycles. The number of benzene rings is 1. The van der Waals surface area contributed by atoms with Crippen molar-refractivity contribution in [3.05, 3.63) is 30.1 Å². The minimum Gasteiger partial charge on any atom is -0.491 e. The molecule has 0 radical (unpaired) electrons. The summed E-state index contributed by atoms with van der Waals surface area (Å²) >= 11 is 0. The second-order valence-electron chi connectivity index (χ2n) is 5.30. The first-order valence-corrected chi connectivity index (χ1v) is 7.35. The van der Waals surface area contributed by atoms with E-state index >= 15 is 0 Å². The molecule has 1 aromatic rings. The summed E-state index contributed by atoms with van der Waals surface area (Å²) in [5.41, 5.74) is -0.909. The highest BCUT2D eigenvalue weighted by Gasteiger charge is 2.31. The van der Waals surface area contributed by atoms with Crippen molar-refractivity contribution in [3.63, 3.8) is 0 Å². The fourth-order valence-electron chi connectivity index (χ4n) is 2.00. The second kappa shape index (κ2) is 8.62. The van der Waals surface area contributed by atoms with Crippen molar-refractivity contribution in [1.29, 1.82) is 0 Å². The molecule has 21 heavy (non-hydrogen) atoms. The van der Waals surface area contributed by atoms with Crippen LogP contribution >= 0.6 is 0 Å². The molecular weight excluding hydrogens is 273 g/mol. The van der Waals surface area contributed by atoms with E-state index in [0.717, 1.165) is 6.42 Å². The van der Waals surface area contributed by atoms with Gasteiger partial charge in [-0.15, -0.1) is 0 Å². The third kappa shape index (κ3) is 5.71. The molecule has 0 aliphatic heterocycles. The SMILES string of the molecule is CCCNC(C)(CCCCOc1ccccc1F)C(=O)O. The number of ether oxygens (including phenoxy) is 1. The third-order valence-corrected chi connectivity index (χ3v) is 3.40. The van der Waals surface area contributed by atoms with Gasteiger partial charge in [-0.25, -0.2) is 4.39 Å². The Balaban J connectivity index is 2.32. The fourth-order valence-corrected chi connectivity index (χ4v) is 2.00. The van der Waals surface area contributed by atoms with Gasteiger partial charge in [0.05, 0.1) is 6.61 Å². The maximum absolute atomic E-state index is 13.3. The molecule has 0 aromatic heterocycles. The van der Waals surface area contributed by atoms with Crippen molar-refractivity contribution >= 4 is 5.97 Å². The maximum Gasteiger partial charge on any atom is 0.323 e. The van der Waals surface area contributed by atoms with Gasteiger partial charge in [-0.2, -0.15) is 0 Å². The van der Waals surface area contributed by atoms with Crippen molar-refractivity contribution in [2.75, 3.05) is 13.2 Å². The van der Waals surface area contributed by atoms with Gasteiger partial charge in [0, 0.05) is 0 Å². The van der Waals surface area contributed by atoms with Gasteiger partial charge in [0.1, 0.15) is 5.54 Å². The molecule has 0 saturated heterocycles. The van der Waals surface area contributed by atoms with Crippen LogP contribution in [-0.4, -0.2) is 29.8 Å². The van der Waals surface area contributed by atoms with Gasteiger partial charge in [0.2, 0.25) is 0 Å². The first-order valence-electron chi connectivity index (χ1n) is 7.35. The molecule has 2 N–H and O–H groups in total. The average Bonchev–Trinajstić information content (AvgIpc) is 2.46. The number of hydrogen-bond donors (Lipinski definition) is 2. The zero-order valence-electron chi connectivity index (χ0n) is 12.7. The minimum absolute atomic E-state index is 0.239. The van der Waals surface area contributed by atoms with Gasteiger partial charge < -0.3 is 15.2 Å². The highest BCUT2D eigenvalue weighted by Crippen LogP contribution is 2.17. The number of rotatable bonds is 10. The molecule has 1 atom stereocenters. The normalized spacial score (nSPS) is 13.7. The van der Waals surface area contributed by atoms with Crippen LogP contribution in [0.4, 0.5) is 4.39 Å². The first kappa shape index (κ1) is 17.4. The van der Waals surface area contributed by atoms with Crippen LogP contribution in [-0.2, 0) is 4.79 Å². The van der Waals surface area contributed by atoms with Crippen LogP contribution in [0.5, 0.6) is 5.75 Å². The molecule has 1 aromatic carbocycles. The number of carboxylic acid groups (broad SMARTS) is 1. The highest BCUT2D eigenvalue weighted by molar-refractivity contribution is 5.78. The molecule has 0 amide bonds. The second-order valence-corrected chi connectivity index (χ2v) is 5.30. The highest BCUT2D eigenvalue weighted by atomic mass is 19.1. The van der Waals surface area contributed by atoms with E-state index in [1.54, 1.807) is 25.1 Å². The Hall–Kier alpha value is -1.62. The third-order valence-electron chi connectivity index (χ3n) is 3.40. The van der Waals surface area contributed by atoms with Gasteiger partial charge in [-0.3, -0.25) is 4.79 Å². The molecule has 0 saturated carbocycles. The van der Waals surface area contributed by atoms with Crippen LogP contribution in [0, 0.1) is 5.82 Å². The molecule has 0 aliphatic carbocycles. The lowest BCUT2D eigenvalue weighted by Crippen LogP contribution is -2.49. The molecule has 1 rings (SSSR count). The zero-order valence-corrected chi connectivity index (χ0v) is 12.7. The summed E-state index contributed by atoms with van der Waals surface area (Å²) in [4.78, 5) is 11.3. The monoisotopic (exact) mass is 297 g/mol. The number of carbonyl (C=O) groups is 1. The Morgan fingerprint density at radius 1 is 1.38 bits per heavy atom. The van der Waals surface area contributed by atoms with E-state index in [9.17, 15) is 14.3 Å². The summed E-state index contributed by atoms with van der Waals surface area (Å²) in [6.07, 6.45) is 2.79. The predicted molar refractivity (Wildman–Crippen MR) is 80.1 cm³/mol. The van der Waals surface area contributed by atoms with Crippen LogP contribution in [0.1, 0.15) is 39.5 Å². The van der Waals surface area contributed by atoms with Crippen LogP contribution in [0.3, 0.4) is 0 Å². The molecule has 0 aliphatic rings. The molecule has 4 nitrogen and oxygen atoms in total. The number of carboxylic acids is 1. The van der Waals surface area contributed by atoms with Gasteiger partial charge in [0.25, 0.3) is 0 Å². The molecule has 1 unspecified atom stereocenters. The zero-order chi connectivity index (χ0) is 15.7. The van der Waals surface area contributed by atoms with E-state index in [0.29, 0.717) is 32.4 Å². The van der Waals surface area contributed by atoms with Gasteiger partial charge in [0.15, 0.2) is 11.6 Å². The fraction of sp³-hybridized carbons (Fsp3) is 0.562. The van der Waals surface area contributed by atoms with Gasteiger partial charge >= 0.3 is 5.97 Å². The Morgan fingerprint density at radius 2 is 2.10 bits per heavy atom. The molecule has 0 spiro atoms. The smallest absolute Gasteiger partial charge is 0.323 e. The molecule has 0 fully saturated rings. The number of nitrogens with one attached hydrogen (secondary N) is 1. The molecular formula is C16H24FNO3. The van der Waals surface area contributed by atoms with Crippen LogP contribution < -0.4 is 10.1 Å². The lowest BCUT2D eigenvalue weighted by atomic mass is 9.95. The summed E-state index contributed by atoms with van der Waals surface area (Å²) < 4.78 is 18.7. The number of unbranched alkanes of at least 4 members (excludes halogenated alkanes) is 1. The van der Waals surface area contributed by atoms with E-state index < -0.39 is 11.5 Å². The quantitative estimate of drug-likeness (QED) is 0.651. The van der Waals surface area contributed by atoms with Gasteiger partial charge in [-0.1, -0.05) is 19.1 Å². The van der Waals surface area contributed by atoms with Crippen molar-refractivity contribution in [1.82, 2.24) is 5.32 Å². The summed E-state index contributed by atoms with van der Waals surface area (Å²) in [6.45, 7) is 4.75. The largest absolute Gasteiger partial charge is 0.491 e. The minimum atomic E-state index is -0.909. The average molecular weight is 297 g/mol. The number of halogens is 1. The van der Waals surface area contributed by atoms with Gasteiger partial charge in [-0.05, 0) is 51.3 Å². The van der Waals surface area contributed by atoms with Crippen molar-refractivity contribution < 1.29 is 19.0 Å². The first-order chi connectivity index (χ1) is 9.99. The predicted octanol–water partition coefficient (Wildman–Crippen LogP) is 3.22. The van der Waals surface area contributed by atoms with Crippen molar-refractivity contribution in [2.45, 2.75) is 45.1 Å². The van der Waals surface area contributed by atoms with Crippen LogP contribution in [0.2, 0.25) is 0 Å². The number of aliphatic carboxylic acids is 1. The summed E-state index contributed by atoms with van der Waals surface area (Å²) in [5, 5.41) is 12.3. The maximum atomic E-state index is 13.3. The summed E-state index contributed by atoms with van der Waals surface area (Å²) in [5.74, 6) is -0.980. The Morgan fingerprint density at radius 3 is 2.71 bits per heavy atom. The standard InChI is InChI=1S/C16H24FNO3/c1-3-11-18-16(2,15(19)20)10-6-7-12-21-14-9-5-4-8-13(14)17/h4-5,8-9,18H,3,6-7,10-12H2,1-2H3,(H,19,20). The summed E-state index contributed by atoms with van der Waals surface area (Å²) in [6, 6.07) is 6.26. The lowest BCUT2D eigenvalue weighted by Gasteiger charge is -2.26. The van der Waals surface area contributed by atoms with Crippen LogP contribution in [0.25, 0.3) is 0 Å². The van der Waals surface area contributed by atoms with E-state index in [1.165, 1.54) is 6.07 Å². The number of hydrogen-bond acceptors (Lipinski definition) is 3. The van der Waals surface area contributed by atoms with E-state index in [1.807, 2.05) is 6.92 Å². The van der Waals surface area contributed by atoms with E-state index in [-0.39, 0.29) is 11.6 Å². The number of para-hydroxylation sites is 1. The van der Waals surface area contributed by atoms with E-state index in [4.69, 9.17) is 4.74 Å². The molecule has 5 heteroatoms. The Bertz CT molecular complexity index is 453. The van der Waals surface area contributed by atoms with E-state index in [2.05, 4.69) is 5.32 Å². The van der Waals surface area contributed by atoms with Crippen molar-refractivity contribution in [2.24, 2.45) is 0 Å². The lowest BCUT2D eigenvalue weighted by molar-refractivity contribution is -0.144.